The van der Waals surface area contributed by atoms with Crippen LogP contribution in [0.5, 0.6) is 0 Å². The van der Waals surface area contributed by atoms with Crippen LogP contribution in [0.3, 0.4) is 0 Å². The zero-order valence-electron chi connectivity index (χ0n) is 12.2. The first-order valence-electron chi connectivity index (χ1n) is 6.87. The number of imide groups is 1. The van der Waals surface area contributed by atoms with Crippen molar-refractivity contribution in [1.82, 2.24) is 10.2 Å². The molecule has 3 rings (SSSR count). The highest BCUT2D eigenvalue weighted by Gasteiger charge is 2.49. The molecule has 2 N–H and O–H groups in total. The molecule has 2 aliphatic rings. The molecule has 0 aromatic carbocycles. The topological polar surface area (TPSA) is 95.6 Å². The second-order valence-electron chi connectivity index (χ2n) is 5.68. The lowest BCUT2D eigenvalue weighted by Gasteiger charge is -2.39. The van der Waals surface area contributed by atoms with E-state index in [-0.39, 0.29) is 30.7 Å². The van der Waals surface area contributed by atoms with Crippen LogP contribution in [0.2, 0.25) is 0 Å². The molecule has 1 aromatic rings. The third-order valence-corrected chi connectivity index (χ3v) is 5.09. The van der Waals surface area contributed by atoms with Crippen LogP contribution in [0.1, 0.15) is 42.6 Å². The number of nitrogens with zero attached hydrogens (tertiary/aromatic N) is 1. The van der Waals surface area contributed by atoms with E-state index in [1.807, 2.05) is 0 Å². The van der Waals surface area contributed by atoms with Crippen LogP contribution in [-0.4, -0.2) is 34.1 Å². The van der Waals surface area contributed by atoms with Gasteiger partial charge in [-0.1, -0.05) is 0 Å². The zero-order valence-corrected chi connectivity index (χ0v) is 13.0. The Morgan fingerprint density at radius 3 is 2.77 bits per heavy atom. The van der Waals surface area contributed by atoms with Gasteiger partial charge in [-0.15, -0.1) is 11.3 Å². The fourth-order valence-corrected chi connectivity index (χ4v) is 3.81. The molecule has 0 radical (unpaired) electrons. The smallest absolute Gasteiger partial charge is 0.256 e. The number of fused-ring (bicyclic) bond motifs is 1. The first-order valence-corrected chi connectivity index (χ1v) is 7.75. The predicted octanol–water partition coefficient (Wildman–Crippen LogP) is 0.858. The van der Waals surface area contributed by atoms with Crippen LogP contribution < -0.4 is 10.6 Å². The Morgan fingerprint density at radius 2 is 2.14 bits per heavy atom. The minimum atomic E-state index is -1.05. The third-order valence-electron chi connectivity index (χ3n) is 4.15. The summed E-state index contributed by atoms with van der Waals surface area (Å²) in [7, 11) is 0. The number of thiophene rings is 1. The summed E-state index contributed by atoms with van der Waals surface area (Å²) in [5.41, 5.74) is 0.200. The molecule has 3 heterocycles. The Bertz CT molecular complexity index is 711. The fraction of sp³-hybridized carbons (Fsp3) is 0.429. The quantitative estimate of drug-likeness (QED) is 0.790. The van der Waals surface area contributed by atoms with Crippen molar-refractivity contribution in [3.8, 4) is 0 Å². The van der Waals surface area contributed by atoms with E-state index in [9.17, 15) is 19.2 Å². The number of rotatable bonds is 2. The van der Waals surface area contributed by atoms with E-state index in [1.54, 1.807) is 12.3 Å². The lowest BCUT2D eigenvalue weighted by molar-refractivity contribution is -0.142. The molecule has 116 valence electrons. The van der Waals surface area contributed by atoms with Gasteiger partial charge in [0.25, 0.3) is 11.8 Å². The van der Waals surface area contributed by atoms with E-state index in [4.69, 9.17) is 0 Å². The van der Waals surface area contributed by atoms with Gasteiger partial charge in [-0.25, -0.2) is 0 Å². The summed E-state index contributed by atoms with van der Waals surface area (Å²) in [4.78, 5) is 48.8. The summed E-state index contributed by atoms with van der Waals surface area (Å²) in [6.07, 6.45) is 0.504. The maximum Gasteiger partial charge on any atom is 0.256 e. The number of amides is 4. The molecule has 22 heavy (non-hydrogen) atoms. The molecule has 1 unspecified atom stereocenters. The number of carbonyl (C=O) groups is 4. The highest BCUT2D eigenvalue weighted by Crippen LogP contribution is 2.40. The summed E-state index contributed by atoms with van der Waals surface area (Å²) in [6, 6.07) is 0. The van der Waals surface area contributed by atoms with Gasteiger partial charge in [-0.05, 0) is 13.3 Å². The molecule has 0 spiro atoms. The molecule has 1 saturated heterocycles. The molecular formula is C14H15N3O4S. The standard InChI is InChI=1S/C14H15N3O4S/c1-7(18)15-11-8-5-17(12(20)9(8)6-22-11)14(2)4-3-10(19)16-13(14)21/h6H,3-5H2,1-2H3,(H,15,18)(H,16,19,21). The van der Waals surface area contributed by atoms with Gasteiger partial charge in [0, 0.05) is 24.3 Å². The lowest BCUT2D eigenvalue weighted by atomic mass is 9.89. The Labute approximate surface area is 130 Å². The van der Waals surface area contributed by atoms with Gasteiger partial charge in [0.15, 0.2) is 0 Å². The Morgan fingerprint density at radius 1 is 1.41 bits per heavy atom. The van der Waals surface area contributed by atoms with Gasteiger partial charge in [0.2, 0.25) is 11.8 Å². The van der Waals surface area contributed by atoms with E-state index in [1.165, 1.54) is 23.2 Å². The monoisotopic (exact) mass is 321 g/mol. The predicted molar refractivity (Wildman–Crippen MR) is 79.3 cm³/mol. The minimum Gasteiger partial charge on any atom is -0.320 e. The van der Waals surface area contributed by atoms with Gasteiger partial charge in [-0.2, -0.15) is 0 Å². The molecule has 1 atom stereocenters. The van der Waals surface area contributed by atoms with Crippen LogP contribution in [0.25, 0.3) is 0 Å². The maximum absolute atomic E-state index is 12.6. The number of nitrogens with one attached hydrogen (secondary N) is 2. The minimum absolute atomic E-state index is 0.206. The lowest BCUT2D eigenvalue weighted by Crippen LogP contribution is -2.61. The van der Waals surface area contributed by atoms with Crippen molar-refractivity contribution >= 4 is 40.0 Å². The van der Waals surface area contributed by atoms with Crippen molar-refractivity contribution in [3.05, 3.63) is 16.5 Å². The van der Waals surface area contributed by atoms with Gasteiger partial charge in [0.1, 0.15) is 10.5 Å². The van der Waals surface area contributed by atoms with Gasteiger partial charge in [-0.3, -0.25) is 24.5 Å². The highest BCUT2D eigenvalue weighted by atomic mass is 32.1. The first-order chi connectivity index (χ1) is 10.3. The van der Waals surface area contributed by atoms with Crippen molar-refractivity contribution in [3.63, 3.8) is 0 Å². The van der Waals surface area contributed by atoms with Crippen molar-refractivity contribution in [2.45, 2.75) is 38.8 Å². The summed E-state index contributed by atoms with van der Waals surface area (Å²) in [5, 5.41) is 7.33. The Balaban J connectivity index is 1.90. The molecule has 0 aliphatic carbocycles. The van der Waals surface area contributed by atoms with Crippen LogP contribution in [0.4, 0.5) is 5.00 Å². The third kappa shape index (κ3) is 2.10. The molecule has 1 fully saturated rings. The van der Waals surface area contributed by atoms with Crippen LogP contribution >= 0.6 is 11.3 Å². The summed E-state index contributed by atoms with van der Waals surface area (Å²) in [5.74, 6) is -1.22. The SMILES string of the molecule is CC(=O)Nc1scc2c1CN(C1(C)CCC(=O)NC1=O)C2=O. The summed E-state index contributed by atoms with van der Waals surface area (Å²) >= 11 is 1.30. The molecule has 8 heteroatoms. The van der Waals surface area contributed by atoms with Crippen LogP contribution in [0.15, 0.2) is 5.38 Å². The van der Waals surface area contributed by atoms with Crippen molar-refractivity contribution < 1.29 is 19.2 Å². The fourth-order valence-electron chi connectivity index (χ4n) is 2.81. The van der Waals surface area contributed by atoms with E-state index in [0.29, 0.717) is 17.0 Å². The van der Waals surface area contributed by atoms with Crippen molar-refractivity contribution in [2.24, 2.45) is 0 Å². The number of piperidine rings is 1. The Kier molecular flexibility index (Phi) is 3.28. The molecule has 4 amide bonds. The average Bonchev–Trinajstić information content (AvgIpc) is 2.96. The second-order valence-corrected chi connectivity index (χ2v) is 6.56. The molecule has 1 aromatic heterocycles. The van der Waals surface area contributed by atoms with Crippen molar-refractivity contribution in [2.75, 3.05) is 5.32 Å². The molecular weight excluding hydrogens is 306 g/mol. The second kappa shape index (κ2) is 4.91. The Hall–Kier alpha value is -2.22. The summed E-state index contributed by atoms with van der Waals surface area (Å²) < 4.78 is 0. The molecule has 7 nitrogen and oxygen atoms in total. The molecule has 0 bridgehead atoms. The number of hydrogen-bond donors (Lipinski definition) is 2. The number of carbonyl (C=O) groups excluding carboxylic acids is 4. The van der Waals surface area contributed by atoms with Gasteiger partial charge < -0.3 is 10.2 Å². The largest absolute Gasteiger partial charge is 0.320 e. The van der Waals surface area contributed by atoms with Crippen molar-refractivity contribution in [1.29, 1.82) is 0 Å². The maximum atomic E-state index is 12.6. The highest BCUT2D eigenvalue weighted by molar-refractivity contribution is 7.15. The zero-order chi connectivity index (χ0) is 16.1. The number of hydrogen-bond acceptors (Lipinski definition) is 5. The first kappa shape index (κ1) is 14.7. The molecule has 0 saturated carbocycles. The van der Waals surface area contributed by atoms with Crippen LogP contribution in [0, 0.1) is 0 Å². The van der Waals surface area contributed by atoms with Crippen LogP contribution in [-0.2, 0) is 20.9 Å². The summed E-state index contributed by atoms with van der Waals surface area (Å²) in [6.45, 7) is 3.33. The average molecular weight is 321 g/mol. The van der Waals surface area contributed by atoms with Gasteiger partial charge >= 0.3 is 0 Å². The van der Waals surface area contributed by atoms with E-state index in [2.05, 4.69) is 10.6 Å². The number of anilines is 1. The van der Waals surface area contributed by atoms with E-state index >= 15 is 0 Å². The molecule has 2 aliphatic heterocycles. The van der Waals surface area contributed by atoms with E-state index in [0.717, 1.165) is 5.56 Å². The van der Waals surface area contributed by atoms with E-state index < -0.39 is 11.4 Å². The normalized spacial score (nSPS) is 24.3. The van der Waals surface area contributed by atoms with Gasteiger partial charge in [0.05, 0.1) is 12.1 Å².